The summed E-state index contributed by atoms with van der Waals surface area (Å²) in [5, 5.41) is 14.8. The van der Waals surface area contributed by atoms with Crippen LogP contribution < -0.4 is 5.32 Å². The SMILES string of the molecule is CON=S1C=C(CC(=O)O)NC1=NC(c1ccccc1)(c1ccccc1)c1ccccc1. The third kappa shape index (κ3) is 4.39. The van der Waals surface area contributed by atoms with Gasteiger partial charge in [0.2, 0.25) is 0 Å². The molecule has 6 nitrogen and oxygen atoms in total. The van der Waals surface area contributed by atoms with Crippen molar-refractivity contribution in [1.29, 1.82) is 0 Å². The summed E-state index contributed by atoms with van der Waals surface area (Å²) in [5.41, 5.74) is 2.63. The Morgan fingerprint density at radius 3 is 1.78 bits per heavy atom. The van der Waals surface area contributed by atoms with Crippen LogP contribution in [0.15, 0.2) is 112 Å². The summed E-state index contributed by atoms with van der Waals surface area (Å²) in [6.07, 6.45) is -0.142. The highest BCUT2D eigenvalue weighted by Crippen LogP contribution is 2.41. The molecule has 1 aliphatic rings. The van der Waals surface area contributed by atoms with Crippen molar-refractivity contribution < 1.29 is 14.7 Å². The number of rotatable bonds is 7. The number of aliphatic imine (C=N–C) groups is 1. The quantitative estimate of drug-likeness (QED) is 0.411. The van der Waals surface area contributed by atoms with E-state index in [9.17, 15) is 9.90 Å². The van der Waals surface area contributed by atoms with Crippen molar-refractivity contribution in [1.82, 2.24) is 5.32 Å². The molecule has 32 heavy (non-hydrogen) atoms. The van der Waals surface area contributed by atoms with E-state index >= 15 is 0 Å². The van der Waals surface area contributed by atoms with Crippen molar-refractivity contribution in [3.63, 3.8) is 0 Å². The third-order valence-electron chi connectivity index (χ3n) is 5.06. The van der Waals surface area contributed by atoms with Gasteiger partial charge in [-0.1, -0.05) is 95.5 Å². The molecule has 1 atom stereocenters. The smallest absolute Gasteiger partial charge is 0.309 e. The van der Waals surface area contributed by atoms with E-state index in [1.54, 1.807) is 5.41 Å². The average molecular weight is 446 g/mol. The Morgan fingerprint density at radius 2 is 1.38 bits per heavy atom. The first-order chi connectivity index (χ1) is 15.6. The number of aliphatic carboxylic acids is 1. The summed E-state index contributed by atoms with van der Waals surface area (Å²) in [6.45, 7) is 0. The molecule has 0 amide bonds. The van der Waals surface area contributed by atoms with Crippen LogP contribution in [0.5, 0.6) is 0 Å². The van der Waals surface area contributed by atoms with E-state index in [1.807, 2.05) is 54.6 Å². The molecule has 3 aromatic rings. The number of nitrogens with one attached hydrogen (secondary N) is 1. The average Bonchev–Trinajstić information content (AvgIpc) is 3.19. The summed E-state index contributed by atoms with van der Waals surface area (Å²) < 4.78 is 4.19. The lowest BCUT2D eigenvalue weighted by atomic mass is 9.77. The largest absolute Gasteiger partial charge is 0.481 e. The molecule has 0 bridgehead atoms. The van der Waals surface area contributed by atoms with E-state index < -0.39 is 22.2 Å². The summed E-state index contributed by atoms with van der Waals surface area (Å²) in [5.74, 6) is -0.925. The minimum atomic E-state index is -0.925. The Labute approximate surface area is 189 Å². The normalized spacial score (nSPS) is 17.2. The number of carbonyl (C=O) groups is 1. The number of hydrogen-bond donors (Lipinski definition) is 2. The molecule has 0 saturated heterocycles. The fraction of sp³-hybridized carbons (Fsp3) is 0.120. The van der Waals surface area contributed by atoms with Crippen LogP contribution >= 0.6 is 0 Å². The van der Waals surface area contributed by atoms with Gasteiger partial charge < -0.3 is 10.4 Å². The van der Waals surface area contributed by atoms with Gasteiger partial charge in [0.05, 0.1) is 13.5 Å². The van der Waals surface area contributed by atoms with Gasteiger partial charge in [0, 0.05) is 21.8 Å². The van der Waals surface area contributed by atoms with E-state index in [0.717, 1.165) is 16.7 Å². The first kappa shape index (κ1) is 21.7. The van der Waals surface area contributed by atoms with Crippen LogP contribution in [-0.4, -0.2) is 23.4 Å². The second-order valence-electron chi connectivity index (χ2n) is 7.14. The molecule has 1 heterocycles. The highest BCUT2D eigenvalue weighted by molar-refractivity contribution is 8.05. The van der Waals surface area contributed by atoms with Gasteiger partial charge >= 0.3 is 5.97 Å². The highest BCUT2D eigenvalue weighted by Gasteiger charge is 2.37. The van der Waals surface area contributed by atoms with Gasteiger partial charge in [0.15, 0.2) is 5.17 Å². The lowest BCUT2D eigenvalue weighted by molar-refractivity contribution is -0.136. The summed E-state index contributed by atoms with van der Waals surface area (Å²) in [6, 6.07) is 30.2. The van der Waals surface area contributed by atoms with Gasteiger partial charge in [0.1, 0.15) is 5.54 Å². The predicted molar refractivity (Wildman–Crippen MR) is 127 cm³/mol. The van der Waals surface area contributed by atoms with Crippen LogP contribution in [0.3, 0.4) is 0 Å². The molecule has 0 fully saturated rings. The number of hydrogen-bond acceptors (Lipinski definition) is 4. The minimum Gasteiger partial charge on any atom is -0.481 e. The second-order valence-corrected chi connectivity index (χ2v) is 8.54. The first-order valence-corrected chi connectivity index (χ1v) is 11.3. The van der Waals surface area contributed by atoms with Gasteiger partial charge in [-0.05, 0) is 16.7 Å². The molecule has 4 rings (SSSR count). The molecule has 2 N–H and O–H groups in total. The molecule has 0 spiro atoms. The minimum absolute atomic E-state index is 0.142. The molecule has 162 valence electrons. The van der Waals surface area contributed by atoms with Crippen molar-refractivity contribution in [3.05, 3.63) is 119 Å². The van der Waals surface area contributed by atoms with Gasteiger partial charge in [-0.15, -0.1) is 0 Å². The molecular formula is C25H23N3O3S. The summed E-state index contributed by atoms with van der Waals surface area (Å²) in [4.78, 5) is 21.6. The zero-order valence-corrected chi connectivity index (χ0v) is 18.3. The first-order valence-electron chi connectivity index (χ1n) is 10.1. The van der Waals surface area contributed by atoms with Gasteiger partial charge in [-0.25, -0.2) is 9.83 Å². The molecule has 0 aromatic heterocycles. The van der Waals surface area contributed by atoms with Crippen LogP contribution in [0.2, 0.25) is 0 Å². The van der Waals surface area contributed by atoms with Crippen LogP contribution in [0.25, 0.3) is 0 Å². The molecule has 1 unspecified atom stereocenters. The Hall–Kier alpha value is -3.55. The predicted octanol–water partition coefficient (Wildman–Crippen LogP) is 4.62. The molecule has 3 aromatic carbocycles. The summed E-state index contributed by atoms with van der Waals surface area (Å²) in [7, 11) is 0.616. The standard InChI is InChI=1S/C25H23N3O3S/c1-31-28-32-18-22(17-23(29)30)26-24(32)27-25(19-11-5-2-6-12-19,20-13-7-3-8-14-20)21-15-9-4-10-16-21/h2-16,18H,17H2,1H3,(H,26,27)(H,29,30). The Bertz CT molecular complexity index is 1080. The van der Waals surface area contributed by atoms with Crippen molar-refractivity contribution in [2.45, 2.75) is 12.0 Å². The molecule has 0 radical (unpaired) electrons. The fourth-order valence-corrected chi connectivity index (χ4v) is 5.02. The van der Waals surface area contributed by atoms with Crippen LogP contribution in [0, 0.1) is 0 Å². The maximum Gasteiger partial charge on any atom is 0.309 e. The number of carboxylic acids is 1. The Balaban J connectivity index is 1.98. The molecular weight excluding hydrogens is 422 g/mol. The molecule has 0 aliphatic carbocycles. The number of amidine groups is 1. The van der Waals surface area contributed by atoms with E-state index in [2.05, 4.69) is 46.2 Å². The van der Waals surface area contributed by atoms with Gasteiger partial charge in [-0.3, -0.25) is 4.79 Å². The summed E-state index contributed by atoms with van der Waals surface area (Å²) >= 11 is 0. The zero-order valence-electron chi connectivity index (χ0n) is 17.5. The van der Waals surface area contributed by atoms with Crippen molar-refractivity contribution >= 4 is 21.8 Å². The van der Waals surface area contributed by atoms with E-state index in [0.29, 0.717) is 10.9 Å². The fourth-order valence-electron chi connectivity index (χ4n) is 3.75. The van der Waals surface area contributed by atoms with Crippen LogP contribution in [0.1, 0.15) is 23.1 Å². The Kier molecular flexibility index (Phi) is 6.58. The molecule has 7 heteroatoms. The third-order valence-corrected chi connectivity index (χ3v) is 6.47. The maximum atomic E-state index is 11.3. The van der Waals surface area contributed by atoms with Crippen molar-refractivity contribution in [2.75, 3.05) is 7.11 Å². The second kappa shape index (κ2) is 9.72. The lowest BCUT2D eigenvalue weighted by Gasteiger charge is -2.32. The van der Waals surface area contributed by atoms with Gasteiger partial charge in [0.25, 0.3) is 0 Å². The zero-order chi connectivity index (χ0) is 22.4. The molecule has 0 saturated carbocycles. The number of nitrogens with zero attached hydrogens (tertiary/aromatic N) is 2. The van der Waals surface area contributed by atoms with Gasteiger partial charge in [-0.2, -0.15) is 0 Å². The Morgan fingerprint density at radius 1 is 0.906 bits per heavy atom. The highest BCUT2D eigenvalue weighted by atomic mass is 32.2. The topological polar surface area (TPSA) is 83.3 Å². The number of carboxylic acid groups (broad SMARTS) is 1. The molecule has 1 aliphatic heterocycles. The van der Waals surface area contributed by atoms with Crippen LogP contribution in [0.4, 0.5) is 0 Å². The van der Waals surface area contributed by atoms with E-state index in [4.69, 9.17) is 9.83 Å². The van der Waals surface area contributed by atoms with Crippen molar-refractivity contribution in [3.8, 4) is 0 Å². The monoisotopic (exact) mass is 445 g/mol. The lowest BCUT2D eigenvalue weighted by Crippen LogP contribution is -2.32. The van der Waals surface area contributed by atoms with E-state index in [-0.39, 0.29) is 6.42 Å². The van der Waals surface area contributed by atoms with Crippen molar-refractivity contribution in [2.24, 2.45) is 9.52 Å². The maximum absolute atomic E-state index is 11.3. The van der Waals surface area contributed by atoms with Crippen LogP contribution in [-0.2, 0) is 25.9 Å². The van der Waals surface area contributed by atoms with E-state index in [1.165, 1.54) is 7.11 Å². The number of benzene rings is 3.